The summed E-state index contributed by atoms with van der Waals surface area (Å²) >= 11 is 0. The molecule has 5 atom stereocenters. The predicted molar refractivity (Wildman–Crippen MR) is 61.9 cm³/mol. The van der Waals surface area contributed by atoms with Gasteiger partial charge in [-0.15, -0.1) is 0 Å². The number of alkyl halides is 2. The van der Waals surface area contributed by atoms with Gasteiger partial charge in [-0.1, -0.05) is 0 Å². The first-order valence-corrected chi connectivity index (χ1v) is 8.88. The summed E-state index contributed by atoms with van der Waals surface area (Å²) in [6.07, 6.45) is -2.81. The summed E-state index contributed by atoms with van der Waals surface area (Å²) < 4.78 is 94.3. The van der Waals surface area contributed by atoms with Crippen LogP contribution >= 0.6 is 0 Å². The highest BCUT2D eigenvalue weighted by Gasteiger charge is 2.74. The van der Waals surface area contributed by atoms with Gasteiger partial charge in [0.25, 0.3) is 10.1 Å². The zero-order chi connectivity index (χ0) is 16.7. The molecule has 126 valence electrons. The van der Waals surface area contributed by atoms with E-state index in [0.717, 1.165) is 6.92 Å². The SMILES string of the molecule is CC1(OC(=O)C(F)(F)S(=O)(=O)O)C2CC3OS(=O)(=O)C1C3O2. The smallest absolute Gasteiger partial charge is 0.450 e. The number of carbonyl (C=O) groups excluding carboxylic acids is 1. The molecule has 3 rings (SSSR count). The van der Waals surface area contributed by atoms with Crippen LogP contribution in [0.3, 0.4) is 0 Å². The molecule has 3 heterocycles. The van der Waals surface area contributed by atoms with E-state index < -0.39 is 60.6 Å². The van der Waals surface area contributed by atoms with E-state index in [4.69, 9.17) is 13.5 Å². The van der Waals surface area contributed by atoms with Gasteiger partial charge in [-0.3, -0.25) is 8.74 Å². The van der Waals surface area contributed by atoms with E-state index >= 15 is 0 Å². The average Bonchev–Trinajstić information content (AvgIpc) is 2.86. The Balaban J connectivity index is 1.95. The molecule has 1 N–H and O–H groups in total. The van der Waals surface area contributed by atoms with E-state index in [9.17, 15) is 30.4 Å². The molecular formula is C9H10F2O9S2. The minimum atomic E-state index is -6.05. The van der Waals surface area contributed by atoms with Crippen molar-refractivity contribution in [3.8, 4) is 0 Å². The fraction of sp³-hybridized carbons (Fsp3) is 0.889. The third-order valence-corrected chi connectivity index (χ3v) is 6.77. The Bertz CT molecular complexity index is 743. The molecule has 0 aromatic carbocycles. The van der Waals surface area contributed by atoms with Crippen LogP contribution in [0, 0.1) is 0 Å². The second-order valence-corrected chi connectivity index (χ2v) is 8.59. The van der Waals surface area contributed by atoms with Crippen LogP contribution in [0.4, 0.5) is 8.78 Å². The zero-order valence-electron chi connectivity index (χ0n) is 10.8. The van der Waals surface area contributed by atoms with Gasteiger partial charge in [-0.2, -0.15) is 25.6 Å². The Morgan fingerprint density at radius 1 is 1.45 bits per heavy atom. The lowest BCUT2D eigenvalue weighted by Crippen LogP contribution is -2.56. The van der Waals surface area contributed by atoms with Crippen molar-refractivity contribution < 1.29 is 48.6 Å². The van der Waals surface area contributed by atoms with Gasteiger partial charge in [-0.25, -0.2) is 4.79 Å². The summed E-state index contributed by atoms with van der Waals surface area (Å²) in [6, 6.07) is 0. The monoisotopic (exact) mass is 364 g/mol. The minimum absolute atomic E-state index is 0.0123. The van der Waals surface area contributed by atoms with Crippen LogP contribution in [-0.2, 0) is 38.7 Å². The van der Waals surface area contributed by atoms with Crippen molar-refractivity contribution in [2.75, 3.05) is 0 Å². The van der Waals surface area contributed by atoms with Crippen LogP contribution in [0.15, 0.2) is 0 Å². The maximum absolute atomic E-state index is 13.3. The summed E-state index contributed by atoms with van der Waals surface area (Å²) in [5.74, 6) is -2.58. The van der Waals surface area contributed by atoms with Gasteiger partial charge in [-0.05, 0) is 6.92 Å². The topological polar surface area (TPSA) is 133 Å². The van der Waals surface area contributed by atoms with E-state index in [1.54, 1.807) is 0 Å². The molecule has 3 aliphatic heterocycles. The maximum atomic E-state index is 13.3. The average molecular weight is 364 g/mol. The van der Waals surface area contributed by atoms with Crippen molar-refractivity contribution in [2.45, 2.75) is 47.8 Å². The van der Waals surface area contributed by atoms with E-state index in [-0.39, 0.29) is 6.42 Å². The lowest BCUT2D eigenvalue weighted by molar-refractivity contribution is -0.180. The van der Waals surface area contributed by atoms with E-state index in [1.165, 1.54) is 0 Å². The molecule has 3 saturated heterocycles. The third-order valence-electron chi connectivity index (χ3n) is 4.08. The molecule has 0 aliphatic carbocycles. The number of fused-ring (bicyclic) bond motifs is 1. The van der Waals surface area contributed by atoms with Gasteiger partial charge in [0.2, 0.25) is 0 Å². The van der Waals surface area contributed by atoms with Gasteiger partial charge in [0.1, 0.15) is 18.3 Å². The van der Waals surface area contributed by atoms with E-state index in [0.29, 0.717) is 0 Å². The molecule has 0 aromatic heterocycles. The van der Waals surface area contributed by atoms with Crippen molar-refractivity contribution in [1.29, 1.82) is 0 Å². The van der Waals surface area contributed by atoms with Gasteiger partial charge in [0, 0.05) is 6.42 Å². The molecular weight excluding hydrogens is 354 g/mol. The predicted octanol–water partition coefficient (Wildman–Crippen LogP) is -0.963. The Morgan fingerprint density at radius 3 is 2.59 bits per heavy atom. The first kappa shape index (κ1) is 16.0. The Kier molecular flexibility index (Phi) is 3.01. The first-order valence-electron chi connectivity index (χ1n) is 5.96. The minimum Gasteiger partial charge on any atom is -0.450 e. The zero-order valence-corrected chi connectivity index (χ0v) is 12.4. The highest BCUT2D eigenvalue weighted by atomic mass is 32.2. The normalized spacial score (nSPS) is 42.5. The highest BCUT2D eigenvalue weighted by Crippen LogP contribution is 2.53. The molecule has 0 radical (unpaired) electrons. The number of hydrogen-bond donors (Lipinski definition) is 1. The summed E-state index contributed by atoms with van der Waals surface area (Å²) in [7, 11) is -10.3. The lowest BCUT2D eigenvalue weighted by atomic mass is 9.84. The van der Waals surface area contributed by atoms with Crippen molar-refractivity contribution in [2.24, 2.45) is 0 Å². The Labute approximate surface area is 123 Å². The molecule has 3 fully saturated rings. The van der Waals surface area contributed by atoms with Gasteiger partial charge < -0.3 is 9.47 Å². The van der Waals surface area contributed by atoms with Gasteiger partial charge in [0.05, 0.1) is 0 Å². The molecule has 13 heteroatoms. The summed E-state index contributed by atoms with van der Waals surface area (Å²) in [5.41, 5.74) is -2.04. The number of esters is 1. The fourth-order valence-electron chi connectivity index (χ4n) is 3.09. The lowest BCUT2D eigenvalue weighted by Gasteiger charge is -2.33. The number of ether oxygens (including phenoxy) is 2. The van der Waals surface area contributed by atoms with Crippen LogP contribution in [0.1, 0.15) is 13.3 Å². The molecule has 0 aromatic rings. The first-order chi connectivity index (χ1) is 9.81. The van der Waals surface area contributed by atoms with Gasteiger partial charge >= 0.3 is 21.3 Å². The Hall–Kier alpha value is -0.890. The molecule has 0 saturated carbocycles. The number of hydrogen-bond acceptors (Lipinski definition) is 8. The quantitative estimate of drug-likeness (QED) is 0.382. The molecule has 22 heavy (non-hydrogen) atoms. The van der Waals surface area contributed by atoms with Crippen LogP contribution in [0.25, 0.3) is 0 Å². The molecule has 0 spiro atoms. The highest BCUT2D eigenvalue weighted by molar-refractivity contribution is 7.88. The van der Waals surface area contributed by atoms with Crippen molar-refractivity contribution in [1.82, 2.24) is 0 Å². The molecule has 2 bridgehead atoms. The number of halogens is 2. The van der Waals surface area contributed by atoms with Gasteiger partial charge in [0.15, 0.2) is 10.9 Å². The molecule has 3 aliphatic rings. The molecule has 9 nitrogen and oxygen atoms in total. The van der Waals surface area contributed by atoms with Crippen LogP contribution in [-0.4, -0.2) is 61.8 Å². The van der Waals surface area contributed by atoms with Crippen LogP contribution < -0.4 is 0 Å². The maximum Gasteiger partial charge on any atom is 0.465 e. The van der Waals surface area contributed by atoms with Crippen molar-refractivity contribution in [3.05, 3.63) is 0 Å². The summed E-state index contributed by atoms with van der Waals surface area (Å²) in [5, 5.41) is -6.76. The number of carbonyl (C=O) groups is 1. The fourth-order valence-corrected chi connectivity index (χ4v) is 5.33. The summed E-state index contributed by atoms with van der Waals surface area (Å²) in [4.78, 5) is 11.4. The second kappa shape index (κ2) is 4.14. The summed E-state index contributed by atoms with van der Waals surface area (Å²) in [6.45, 7) is 1.04. The number of rotatable bonds is 3. The second-order valence-electron chi connectivity index (χ2n) is 5.44. The van der Waals surface area contributed by atoms with Crippen molar-refractivity contribution >= 4 is 26.2 Å². The molecule has 0 amide bonds. The van der Waals surface area contributed by atoms with E-state index in [2.05, 4.69) is 4.74 Å². The molecule has 5 unspecified atom stereocenters. The Morgan fingerprint density at radius 2 is 2.05 bits per heavy atom. The van der Waals surface area contributed by atoms with E-state index in [1.807, 2.05) is 0 Å². The largest absolute Gasteiger partial charge is 0.465 e. The third kappa shape index (κ3) is 1.86. The van der Waals surface area contributed by atoms with Crippen LogP contribution in [0.5, 0.6) is 0 Å². The van der Waals surface area contributed by atoms with Crippen molar-refractivity contribution in [3.63, 3.8) is 0 Å². The standard InChI is InChI=1S/C9H10F2O9S2/c1-8(19-7(12)9(10,11)22(15,16)17)4-2-3-5(18-4)6(8)21(13,14)20-3/h3-6H,2H2,1H3,(H,15,16,17). The van der Waals surface area contributed by atoms with Crippen LogP contribution in [0.2, 0.25) is 0 Å².